The van der Waals surface area contributed by atoms with Gasteiger partial charge in [-0.2, -0.15) is 13.2 Å². The number of rotatable bonds is 2. The Bertz CT molecular complexity index is 214. The monoisotopic (exact) mass is 210 g/mol. The second kappa shape index (κ2) is 3.12. The molecule has 0 aromatic carbocycles. The van der Waals surface area contributed by atoms with Gasteiger partial charge in [-0.25, -0.2) is 0 Å². The Morgan fingerprint density at radius 1 is 1.29 bits per heavy atom. The van der Waals surface area contributed by atoms with Gasteiger partial charge in [-0.15, -0.1) is 0 Å². The lowest BCUT2D eigenvalue weighted by Gasteiger charge is -2.50. The van der Waals surface area contributed by atoms with E-state index in [0.717, 1.165) is 6.42 Å². The summed E-state index contributed by atoms with van der Waals surface area (Å²) in [6.07, 6.45) is -3.91. The van der Waals surface area contributed by atoms with E-state index in [4.69, 9.17) is 0 Å². The second-order valence-electron chi connectivity index (χ2n) is 4.98. The van der Waals surface area contributed by atoms with Gasteiger partial charge in [0.25, 0.3) is 0 Å². The van der Waals surface area contributed by atoms with E-state index in [1.807, 2.05) is 20.8 Å². The molecule has 0 heterocycles. The molecule has 14 heavy (non-hydrogen) atoms. The van der Waals surface area contributed by atoms with Crippen molar-refractivity contribution in [2.75, 3.05) is 0 Å². The molecule has 1 aliphatic carbocycles. The molecule has 1 saturated carbocycles. The van der Waals surface area contributed by atoms with E-state index < -0.39 is 11.8 Å². The van der Waals surface area contributed by atoms with E-state index in [-0.39, 0.29) is 24.2 Å². The van der Waals surface area contributed by atoms with Crippen LogP contribution in [0.15, 0.2) is 0 Å². The fraction of sp³-hybridized carbons (Fsp3) is 1.00. The van der Waals surface area contributed by atoms with Crippen LogP contribution in [0, 0.1) is 11.3 Å². The molecule has 0 unspecified atom stereocenters. The zero-order valence-corrected chi connectivity index (χ0v) is 8.78. The van der Waals surface area contributed by atoms with Crippen LogP contribution >= 0.6 is 0 Å². The van der Waals surface area contributed by atoms with Crippen molar-refractivity contribution in [3.63, 3.8) is 0 Å². The summed E-state index contributed by atoms with van der Waals surface area (Å²) in [7, 11) is 0. The first kappa shape index (κ1) is 11.8. The molecule has 0 saturated heterocycles. The minimum Gasteiger partial charge on any atom is -0.380 e. The molecule has 0 aromatic heterocycles. The number of alkyl halides is 3. The molecule has 1 aliphatic rings. The molecule has 1 nitrogen and oxygen atoms in total. The van der Waals surface area contributed by atoms with Gasteiger partial charge < -0.3 is 5.11 Å². The Hall–Kier alpha value is -0.250. The van der Waals surface area contributed by atoms with E-state index in [1.54, 1.807) is 0 Å². The first-order valence-electron chi connectivity index (χ1n) is 4.91. The predicted octanol–water partition coefficient (Wildman–Crippen LogP) is 3.13. The average Bonchev–Trinajstić information content (AvgIpc) is 1.96. The van der Waals surface area contributed by atoms with Crippen LogP contribution in [-0.4, -0.2) is 16.9 Å². The fourth-order valence-corrected chi connectivity index (χ4v) is 1.83. The molecule has 1 fully saturated rings. The van der Waals surface area contributed by atoms with E-state index in [1.165, 1.54) is 0 Å². The largest absolute Gasteiger partial charge is 0.417 e. The highest BCUT2D eigenvalue weighted by Gasteiger charge is 2.63. The molecule has 0 aliphatic heterocycles. The third-order valence-electron chi connectivity index (χ3n) is 3.71. The molecule has 0 spiro atoms. The lowest BCUT2D eigenvalue weighted by atomic mass is 9.59. The quantitative estimate of drug-likeness (QED) is 0.742. The topological polar surface area (TPSA) is 20.2 Å². The van der Waals surface area contributed by atoms with Crippen LogP contribution in [0.2, 0.25) is 0 Å². The van der Waals surface area contributed by atoms with Gasteiger partial charge in [0.15, 0.2) is 5.60 Å². The Morgan fingerprint density at radius 2 is 1.71 bits per heavy atom. The van der Waals surface area contributed by atoms with Gasteiger partial charge in [0.05, 0.1) is 0 Å². The smallest absolute Gasteiger partial charge is 0.380 e. The summed E-state index contributed by atoms with van der Waals surface area (Å²) in [6.45, 7) is 5.87. The highest BCUT2D eigenvalue weighted by molar-refractivity contribution is 5.03. The van der Waals surface area contributed by atoms with E-state index in [2.05, 4.69) is 0 Å². The first-order valence-corrected chi connectivity index (χ1v) is 4.91. The Labute approximate surface area is 82.3 Å². The highest BCUT2D eigenvalue weighted by atomic mass is 19.4. The summed E-state index contributed by atoms with van der Waals surface area (Å²) in [5.74, 6) is -0.0147. The van der Waals surface area contributed by atoms with Crippen LogP contribution in [-0.2, 0) is 0 Å². The van der Waals surface area contributed by atoms with Crippen molar-refractivity contribution in [1.29, 1.82) is 0 Å². The summed E-state index contributed by atoms with van der Waals surface area (Å²) in [5, 5.41) is 9.25. The van der Waals surface area contributed by atoms with Gasteiger partial charge in [-0.1, -0.05) is 27.2 Å². The molecule has 1 rings (SSSR count). The Balaban J connectivity index is 2.59. The van der Waals surface area contributed by atoms with E-state index in [0.29, 0.717) is 0 Å². The zero-order chi connectivity index (χ0) is 11.2. The minimum atomic E-state index is -4.46. The lowest BCUT2D eigenvalue weighted by Crippen LogP contribution is -2.58. The Morgan fingerprint density at radius 3 is 2.00 bits per heavy atom. The third-order valence-corrected chi connectivity index (χ3v) is 3.71. The maximum absolute atomic E-state index is 12.3. The molecule has 1 N–H and O–H groups in total. The van der Waals surface area contributed by atoms with Gasteiger partial charge in [-0.3, -0.25) is 0 Å². The predicted molar refractivity (Wildman–Crippen MR) is 47.8 cm³/mol. The summed E-state index contributed by atoms with van der Waals surface area (Å²) in [5.41, 5.74) is -2.51. The van der Waals surface area contributed by atoms with Crippen LogP contribution in [0.5, 0.6) is 0 Å². The number of hydrogen-bond acceptors (Lipinski definition) is 1. The molecule has 0 atom stereocenters. The second-order valence-corrected chi connectivity index (χ2v) is 4.98. The molecule has 4 heteroatoms. The summed E-state index contributed by atoms with van der Waals surface area (Å²) < 4.78 is 36.9. The van der Waals surface area contributed by atoms with E-state index in [9.17, 15) is 18.3 Å². The SMILES string of the molecule is CCC(C)(C)C1CC(O)(C(F)(F)F)C1. The standard InChI is InChI=1S/C10H17F3O/c1-4-8(2,3)7-5-9(14,6-7)10(11,12)13/h7,14H,4-6H2,1-3H3. The number of aliphatic hydroxyl groups is 1. The van der Waals surface area contributed by atoms with Gasteiger partial charge >= 0.3 is 6.18 Å². The normalized spacial score (nSPS) is 34.1. The third kappa shape index (κ3) is 1.76. The number of hydrogen-bond donors (Lipinski definition) is 1. The highest BCUT2D eigenvalue weighted by Crippen LogP contribution is 2.55. The van der Waals surface area contributed by atoms with Gasteiger partial charge in [0.1, 0.15) is 0 Å². The summed E-state index contributed by atoms with van der Waals surface area (Å²) in [6, 6.07) is 0. The van der Waals surface area contributed by atoms with Crippen LogP contribution in [0.3, 0.4) is 0 Å². The molecule has 0 amide bonds. The van der Waals surface area contributed by atoms with Gasteiger partial charge in [-0.05, 0) is 24.2 Å². The summed E-state index contributed by atoms with van der Waals surface area (Å²) in [4.78, 5) is 0. The van der Waals surface area contributed by atoms with Crippen molar-refractivity contribution in [3.8, 4) is 0 Å². The van der Waals surface area contributed by atoms with Crippen molar-refractivity contribution < 1.29 is 18.3 Å². The first-order chi connectivity index (χ1) is 6.12. The van der Waals surface area contributed by atoms with Crippen LogP contribution in [0.1, 0.15) is 40.0 Å². The molecular formula is C10H17F3O. The molecular weight excluding hydrogens is 193 g/mol. The van der Waals surface area contributed by atoms with Crippen molar-refractivity contribution >= 4 is 0 Å². The number of halogens is 3. The van der Waals surface area contributed by atoms with Crippen molar-refractivity contribution in [1.82, 2.24) is 0 Å². The molecule has 0 radical (unpaired) electrons. The lowest BCUT2D eigenvalue weighted by molar-refractivity contribution is -0.307. The molecule has 0 aromatic rings. The van der Waals surface area contributed by atoms with Crippen LogP contribution in [0.25, 0.3) is 0 Å². The van der Waals surface area contributed by atoms with E-state index >= 15 is 0 Å². The Kier molecular flexibility index (Phi) is 2.64. The fourth-order valence-electron chi connectivity index (χ4n) is 1.83. The van der Waals surface area contributed by atoms with Crippen molar-refractivity contribution in [3.05, 3.63) is 0 Å². The van der Waals surface area contributed by atoms with Crippen molar-refractivity contribution in [2.24, 2.45) is 11.3 Å². The van der Waals surface area contributed by atoms with Crippen LogP contribution in [0.4, 0.5) is 13.2 Å². The zero-order valence-electron chi connectivity index (χ0n) is 8.78. The minimum absolute atomic E-state index is 0.0147. The average molecular weight is 210 g/mol. The maximum Gasteiger partial charge on any atom is 0.417 e. The van der Waals surface area contributed by atoms with Gasteiger partial charge in [0, 0.05) is 0 Å². The molecule has 0 bridgehead atoms. The maximum atomic E-state index is 12.3. The summed E-state index contributed by atoms with van der Waals surface area (Å²) >= 11 is 0. The molecule has 84 valence electrons. The van der Waals surface area contributed by atoms with Gasteiger partial charge in [0.2, 0.25) is 0 Å². The van der Waals surface area contributed by atoms with Crippen LogP contribution < -0.4 is 0 Å². The van der Waals surface area contributed by atoms with Crippen molar-refractivity contribution in [2.45, 2.75) is 51.8 Å².